The molecular formula is C20H23N3O2S. The van der Waals surface area contributed by atoms with Gasteiger partial charge >= 0.3 is 0 Å². The first kappa shape index (κ1) is 18.2. The molecule has 0 bridgehead atoms. The van der Waals surface area contributed by atoms with Gasteiger partial charge in [-0.25, -0.2) is 13.1 Å². The zero-order valence-corrected chi connectivity index (χ0v) is 16.3. The Kier molecular flexibility index (Phi) is 4.87. The number of rotatable bonds is 5. The van der Waals surface area contributed by atoms with Crippen molar-refractivity contribution in [3.63, 3.8) is 0 Å². The monoisotopic (exact) mass is 369 g/mol. The van der Waals surface area contributed by atoms with Gasteiger partial charge in [-0.15, -0.1) is 0 Å². The van der Waals surface area contributed by atoms with Gasteiger partial charge in [0, 0.05) is 5.69 Å². The van der Waals surface area contributed by atoms with E-state index in [1.807, 2.05) is 43.3 Å². The van der Waals surface area contributed by atoms with Crippen molar-refractivity contribution in [1.29, 1.82) is 0 Å². The largest absolute Gasteiger partial charge is 0.280 e. The van der Waals surface area contributed by atoms with E-state index < -0.39 is 10.0 Å². The number of aromatic nitrogens is 2. The van der Waals surface area contributed by atoms with Gasteiger partial charge in [0.05, 0.1) is 17.1 Å². The third-order valence-electron chi connectivity index (χ3n) is 4.39. The van der Waals surface area contributed by atoms with Crippen molar-refractivity contribution in [3.05, 3.63) is 71.0 Å². The van der Waals surface area contributed by atoms with Crippen molar-refractivity contribution < 1.29 is 8.42 Å². The second-order valence-corrected chi connectivity index (χ2v) is 8.02. The van der Waals surface area contributed by atoms with Gasteiger partial charge in [0.1, 0.15) is 4.90 Å². The van der Waals surface area contributed by atoms with Crippen LogP contribution in [0.15, 0.2) is 53.4 Å². The number of sulfonamides is 1. The fourth-order valence-electron chi connectivity index (χ4n) is 2.97. The second kappa shape index (κ2) is 6.96. The SMILES string of the molecule is CCc1ccc(NS(=O)(=O)c2c(C)nn(-c3ccc(C)cc3)c2C)cc1. The molecule has 5 nitrogen and oxygen atoms in total. The molecule has 0 spiro atoms. The first-order valence-electron chi connectivity index (χ1n) is 8.57. The molecule has 0 atom stereocenters. The number of aryl methyl sites for hydroxylation is 3. The first-order chi connectivity index (χ1) is 12.3. The van der Waals surface area contributed by atoms with Gasteiger partial charge in [-0.05, 0) is 57.0 Å². The first-order valence-corrected chi connectivity index (χ1v) is 10.0. The molecule has 0 radical (unpaired) electrons. The minimum atomic E-state index is -3.72. The van der Waals surface area contributed by atoms with Crippen LogP contribution >= 0.6 is 0 Å². The van der Waals surface area contributed by atoms with Crippen LogP contribution in [0.4, 0.5) is 5.69 Å². The summed E-state index contributed by atoms with van der Waals surface area (Å²) in [7, 11) is -3.72. The van der Waals surface area contributed by atoms with Gasteiger partial charge in [0.25, 0.3) is 10.0 Å². The zero-order valence-electron chi connectivity index (χ0n) is 15.4. The minimum Gasteiger partial charge on any atom is -0.280 e. The highest BCUT2D eigenvalue weighted by atomic mass is 32.2. The predicted molar refractivity (Wildman–Crippen MR) is 104 cm³/mol. The Labute approximate surface area is 154 Å². The lowest BCUT2D eigenvalue weighted by atomic mass is 10.2. The van der Waals surface area contributed by atoms with Crippen molar-refractivity contribution in [2.24, 2.45) is 0 Å². The summed E-state index contributed by atoms with van der Waals surface area (Å²) < 4.78 is 30.2. The number of hydrogen-bond acceptors (Lipinski definition) is 3. The Morgan fingerprint density at radius 2 is 1.58 bits per heavy atom. The molecular weight excluding hydrogens is 346 g/mol. The molecule has 0 unspecified atom stereocenters. The lowest BCUT2D eigenvalue weighted by Gasteiger charge is -2.10. The number of hydrogen-bond donors (Lipinski definition) is 1. The molecule has 1 heterocycles. The Morgan fingerprint density at radius 3 is 2.15 bits per heavy atom. The highest BCUT2D eigenvalue weighted by molar-refractivity contribution is 7.92. The molecule has 0 saturated carbocycles. The topological polar surface area (TPSA) is 64.0 Å². The highest BCUT2D eigenvalue weighted by Crippen LogP contribution is 2.25. The average Bonchev–Trinajstić information content (AvgIpc) is 2.91. The molecule has 6 heteroatoms. The maximum absolute atomic E-state index is 12.9. The van der Waals surface area contributed by atoms with Crippen LogP contribution in [-0.2, 0) is 16.4 Å². The van der Waals surface area contributed by atoms with E-state index in [1.54, 1.807) is 30.7 Å². The molecule has 2 aromatic carbocycles. The van der Waals surface area contributed by atoms with E-state index in [4.69, 9.17) is 0 Å². The minimum absolute atomic E-state index is 0.220. The summed E-state index contributed by atoms with van der Waals surface area (Å²) >= 11 is 0. The summed E-state index contributed by atoms with van der Waals surface area (Å²) in [6, 6.07) is 15.2. The molecule has 0 amide bonds. The van der Waals surface area contributed by atoms with Crippen molar-refractivity contribution >= 4 is 15.7 Å². The van der Waals surface area contributed by atoms with E-state index >= 15 is 0 Å². The van der Waals surface area contributed by atoms with Gasteiger partial charge in [0.15, 0.2) is 0 Å². The van der Waals surface area contributed by atoms with Crippen molar-refractivity contribution in [2.45, 2.75) is 39.0 Å². The molecule has 1 aromatic heterocycles. The van der Waals surface area contributed by atoms with Crippen LogP contribution in [-0.4, -0.2) is 18.2 Å². The number of benzene rings is 2. The fourth-order valence-corrected chi connectivity index (χ4v) is 4.42. The lowest BCUT2D eigenvalue weighted by Crippen LogP contribution is -2.15. The fraction of sp³-hybridized carbons (Fsp3) is 0.250. The van der Waals surface area contributed by atoms with Crippen LogP contribution in [0, 0.1) is 20.8 Å². The maximum Gasteiger partial charge on any atom is 0.265 e. The van der Waals surface area contributed by atoms with Gasteiger partial charge in [-0.1, -0.05) is 36.8 Å². The standard InChI is InChI=1S/C20H23N3O2S/c1-5-17-8-10-18(11-9-17)22-26(24,25)20-15(3)21-23(16(20)4)19-12-6-14(2)7-13-19/h6-13,22H,5H2,1-4H3. The van der Waals surface area contributed by atoms with Crippen LogP contribution in [0.3, 0.4) is 0 Å². The van der Waals surface area contributed by atoms with Gasteiger partial charge in [-0.2, -0.15) is 5.10 Å². The summed E-state index contributed by atoms with van der Waals surface area (Å²) in [5.41, 5.74) is 4.74. The molecule has 0 aliphatic carbocycles. The van der Waals surface area contributed by atoms with E-state index in [0.717, 1.165) is 23.2 Å². The zero-order chi connectivity index (χ0) is 18.9. The Morgan fingerprint density at radius 1 is 0.962 bits per heavy atom. The van der Waals surface area contributed by atoms with Crippen LogP contribution in [0.2, 0.25) is 0 Å². The van der Waals surface area contributed by atoms with Gasteiger partial charge in [-0.3, -0.25) is 4.72 Å². The predicted octanol–water partition coefficient (Wildman–Crippen LogP) is 4.16. The van der Waals surface area contributed by atoms with Crippen molar-refractivity contribution in [1.82, 2.24) is 9.78 Å². The molecule has 136 valence electrons. The Bertz CT molecular complexity index is 1020. The van der Waals surface area contributed by atoms with Crippen LogP contribution in [0.25, 0.3) is 5.69 Å². The molecule has 0 aliphatic heterocycles. The third-order valence-corrected chi connectivity index (χ3v) is 6.02. The summed E-state index contributed by atoms with van der Waals surface area (Å²) in [4.78, 5) is 0.220. The van der Waals surface area contributed by atoms with E-state index in [0.29, 0.717) is 17.1 Å². The number of nitrogens with one attached hydrogen (secondary N) is 1. The molecule has 3 rings (SSSR count). The van der Waals surface area contributed by atoms with Gasteiger partial charge in [0.2, 0.25) is 0 Å². The smallest absolute Gasteiger partial charge is 0.265 e. The summed E-state index contributed by atoms with van der Waals surface area (Å²) in [5.74, 6) is 0. The van der Waals surface area contributed by atoms with Crippen LogP contribution < -0.4 is 4.72 Å². The molecule has 26 heavy (non-hydrogen) atoms. The average molecular weight is 369 g/mol. The summed E-state index contributed by atoms with van der Waals surface area (Å²) in [5, 5.41) is 4.44. The summed E-state index contributed by atoms with van der Waals surface area (Å²) in [6.45, 7) is 7.56. The number of nitrogens with zero attached hydrogens (tertiary/aromatic N) is 2. The Hall–Kier alpha value is -2.60. The Balaban J connectivity index is 1.98. The summed E-state index contributed by atoms with van der Waals surface area (Å²) in [6.07, 6.45) is 0.911. The molecule has 0 aliphatic rings. The third kappa shape index (κ3) is 3.51. The van der Waals surface area contributed by atoms with E-state index in [9.17, 15) is 8.42 Å². The lowest BCUT2D eigenvalue weighted by molar-refractivity contribution is 0.600. The maximum atomic E-state index is 12.9. The van der Waals surface area contributed by atoms with Crippen LogP contribution in [0.5, 0.6) is 0 Å². The van der Waals surface area contributed by atoms with Gasteiger partial charge < -0.3 is 0 Å². The van der Waals surface area contributed by atoms with E-state index in [-0.39, 0.29) is 4.90 Å². The van der Waals surface area contributed by atoms with Crippen molar-refractivity contribution in [3.8, 4) is 5.69 Å². The molecule has 0 fully saturated rings. The van der Waals surface area contributed by atoms with Crippen molar-refractivity contribution in [2.75, 3.05) is 4.72 Å². The van der Waals surface area contributed by atoms with Crippen LogP contribution in [0.1, 0.15) is 29.4 Å². The second-order valence-electron chi connectivity index (χ2n) is 6.40. The molecule has 0 saturated heterocycles. The quantitative estimate of drug-likeness (QED) is 0.734. The molecule has 3 aromatic rings. The van der Waals surface area contributed by atoms with E-state index in [2.05, 4.69) is 16.7 Å². The highest BCUT2D eigenvalue weighted by Gasteiger charge is 2.25. The normalized spacial score (nSPS) is 11.5. The molecule has 1 N–H and O–H groups in total. The van der Waals surface area contributed by atoms with E-state index in [1.165, 1.54) is 0 Å². The number of anilines is 1.